The second kappa shape index (κ2) is 10.8. The van der Waals surface area contributed by atoms with Crippen molar-refractivity contribution in [3.8, 4) is 11.5 Å². The molecule has 0 N–H and O–H groups in total. The molecule has 3 rings (SSSR count). The Morgan fingerprint density at radius 2 is 1.81 bits per heavy atom. The number of aryl methyl sites for hydroxylation is 2. The van der Waals surface area contributed by atoms with E-state index in [1.54, 1.807) is 6.92 Å². The van der Waals surface area contributed by atoms with Crippen LogP contribution in [0.5, 0.6) is 0 Å². The van der Waals surface area contributed by atoms with Gasteiger partial charge in [0.05, 0.1) is 11.4 Å². The maximum atomic E-state index is 12.6. The molecule has 2 heterocycles. The number of hydrogen-bond acceptors (Lipinski definition) is 6. The first-order valence-corrected chi connectivity index (χ1v) is 13.4. The second-order valence-corrected chi connectivity index (χ2v) is 11.6. The molecule has 2 atom stereocenters. The van der Waals surface area contributed by atoms with Gasteiger partial charge in [-0.25, -0.2) is 13.4 Å². The summed E-state index contributed by atoms with van der Waals surface area (Å²) in [6.07, 6.45) is 3.25. The van der Waals surface area contributed by atoms with Crippen molar-refractivity contribution >= 4 is 15.6 Å². The quantitative estimate of drug-likeness (QED) is 0.483. The van der Waals surface area contributed by atoms with Crippen LogP contribution < -0.4 is 0 Å². The van der Waals surface area contributed by atoms with Gasteiger partial charge in [-0.3, -0.25) is 4.79 Å². The van der Waals surface area contributed by atoms with Gasteiger partial charge in [0, 0.05) is 25.1 Å². The molecule has 7 heteroatoms. The van der Waals surface area contributed by atoms with Crippen molar-refractivity contribution in [2.75, 3.05) is 25.4 Å². The number of piperidine rings is 1. The number of benzene rings is 1. The number of sulfone groups is 1. The van der Waals surface area contributed by atoms with Gasteiger partial charge in [-0.1, -0.05) is 32.0 Å². The van der Waals surface area contributed by atoms with Gasteiger partial charge in [0.25, 0.3) is 0 Å². The van der Waals surface area contributed by atoms with Crippen LogP contribution in [0.4, 0.5) is 0 Å². The van der Waals surface area contributed by atoms with Crippen molar-refractivity contribution in [1.82, 2.24) is 9.88 Å². The van der Waals surface area contributed by atoms with Crippen molar-refractivity contribution < 1.29 is 17.6 Å². The van der Waals surface area contributed by atoms with Crippen molar-refractivity contribution in [2.24, 2.45) is 11.8 Å². The van der Waals surface area contributed by atoms with E-state index in [1.807, 2.05) is 31.2 Å². The smallest absolute Gasteiger partial charge is 0.226 e. The molecule has 176 valence electrons. The van der Waals surface area contributed by atoms with Gasteiger partial charge in [0.1, 0.15) is 17.3 Å². The molecule has 1 aromatic carbocycles. The Labute approximate surface area is 192 Å². The van der Waals surface area contributed by atoms with Crippen LogP contribution in [0.25, 0.3) is 11.5 Å². The minimum absolute atomic E-state index is 0.217. The first-order chi connectivity index (χ1) is 15.1. The summed E-state index contributed by atoms with van der Waals surface area (Å²) in [5.74, 6) is 1.40. The summed E-state index contributed by atoms with van der Waals surface area (Å²) >= 11 is 0. The standard InChI is InChI=1S/C25H36N2O4S/c1-18-13-19(2)15-27(14-18)12-8-7-10-22(28)16-32(29,30)17-24-21(4)31-25(26-24)23-11-6-5-9-20(23)3/h5-6,9,11,18-19H,7-8,10,12-17H2,1-4H3. The van der Waals surface area contributed by atoms with Gasteiger partial charge in [0.2, 0.25) is 5.89 Å². The van der Waals surface area contributed by atoms with Crippen molar-refractivity contribution in [3.05, 3.63) is 41.3 Å². The third-order valence-electron chi connectivity index (χ3n) is 6.13. The lowest BCUT2D eigenvalue weighted by Gasteiger charge is -2.34. The summed E-state index contributed by atoms with van der Waals surface area (Å²) < 4.78 is 31.0. The summed E-state index contributed by atoms with van der Waals surface area (Å²) in [5, 5.41) is 0. The monoisotopic (exact) mass is 460 g/mol. The second-order valence-electron chi connectivity index (χ2n) is 9.57. The van der Waals surface area contributed by atoms with Gasteiger partial charge >= 0.3 is 0 Å². The molecule has 2 unspecified atom stereocenters. The van der Waals surface area contributed by atoms with Gasteiger partial charge in [-0.05, 0) is 63.1 Å². The van der Waals surface area contributed by atoms with E-state index in [-0.39, 0.29) is 11.5 Å². The number of oxazole rings is 1. The summed E-state index contributed by atoms with van der Waals surface area (Å²) in [6, 6.07) is 7.67. The summed E-state index contributed by atoms with van der Waals surface area (Å²) in [4.78, 5) is 19.2. The fraction of sp³-hybridized carbons (Fsp3) is 0.600. The van der Waals surface area contributed by atoms with Crippen LogP contribution in [0.3, 0.4) is 0 Å². The van der Waals surface area contributed by atoms with Crippen molar-refractivity contribution in [1.29, 1.82) is 0 Å². The van der Waals surface area contributed by atoms with E-state index in [0.717, 1.165) is 55.4 Å². The lowest BCUT2D eigenvalue weighted by atomic mass is 9.92. The number of nitrogens with zero attached hydrogens (tertiary/aromatic N) is 2. The minimum atomic E-state index is -3.59. The molecule has 32 heavy (non-hydrogen) atoms. The molecule has 1 aliphatic rings. The number of unbranched alkanes of at least 4 members (excludes halogenated alkanes) is 1. The van der Waals surface area contributed by atoms with Crippen LogP contribution in [0.1, 0.15) is 56.5 Å². The Morgan fingerprint density at radius 1 is 1.12 bits per heavy atom. The van der Waals surface area contributed by atoms with Crippen LogP contribution >= 0.6 is 0 Å². The lowest BCUT2D eigenvalue weighted by Crippen LogP contribution is -2.39. The third kappa shape index (κ3) is 7.01. The van der Waals surface area contributed by atoms with E-state index >= 15 is 0 Å². The van der Waals surface area contributed by atoms with Crippen LogP contribution in [-0.4, -0.2) is 49.5 Å². The number of rotatable bonds is 10. The normalized spacial score (nSPS) is 19.9. The summed E-state index contributed by atoms with van der Waals surface area (Å²) in [6.45, 7) is 11.5. The molecule has 0 saturated carbocycles. The Kier molecular flexibility index (Phi) is 8.28. The number of Topliss-reactive ketones (excluding diaryl/α,β-unsaturated/α-hetero) is 1. The highest BCUT2D eigenvalue weighted by molar-refractivity contribution is 7.91. The molecule has 6 nitrogen and oxygen atoms in total. The molecule has 2 aromatic rings. The Bertz CT molecular complexity index is 1020. The van der Waals surface area contributed by atoms with E-state index in [0.29, 0.717) is 23.8 Å². The highest BCUT2D eigenvalue weighted by Crippen LogP contribution is 2.26. The maximum absolute atomic E-state index is 12.6. The van der Waals surface area contributed by atoms with Gasteiger partial charge in [0.15, 0.2) is 9.84 Å². The van der Waals surface area contributed by atoms with Crippen molar-refractivity contribution in [2.45, 2.75) is 59.1 Å². The number of carbonyl (C=O) groups excluding carboxylic acids is 1. The molecule has 0 amide bonds. The molecule has 0 bridgehead atoms. The first-order valence-electron chi connectivity index (χ1n) is 11.6. The van der Waals surface area contributed by atoms with Gasteiger partial charge in [-0.2, -0.15) is 0 Å². The van der Waals surface area contributed by atoms with E-state index in [1.165, 1.54) is 6.42 Å². The zero-order valence-corrected chi connectivity index (χ0v) is 20.6. The van der Waals surface area contributed by atoms with Crippen molar-refractivity contribution in [3.63, 3.8) is 0 Å². The minimum Gasteiger partial charge on any atom is -0.441 e. The molecule has 1 aromatic heterocycles. The molecule has 1 saturated heterocycles. The topological polar surface area (TPSA) is 80.5 Å². The van der Waals surface area contributed by atoms with Crippen LogP contribution in [0.2, 0.25) is 0 Å². The largest absolute Gasteiger partial charge is 0.441 e. The number of ketones is 1. The maximum Gasteiger partial charge on any atom is 0.226 e. The molecule has 0 aliphatic carbocycles. The van der Waals surface area contributed by atoms with Crippen LogP contribution in [0, 0.1) is 25.7 Å². The fourth-order valence-corrected chi connectivity index (χ4v) is 6.12. The Balaban J connectivity index is 1.48. The van der Waals surface area contributed by atoms with E-state index < -0.39 is 15.6 Å². The number of carbonyl (C=O) groups is 1. The Morgan fingerprint density at radius 3 is 2.50 bits per heavy atom. The fourth-order valence-electron chi connectivity index (χ4n) is 4.70. The zero-order chi connectivity index (χ0) is 23.3. The third-order valence-corrected chi connectivity index (χ3v) is 7.61. The number of aromatic nitrogens is 1. The lowest BCUT2D eigenvalue weighted by molar-refractivity contribution is -0.116. The predicted octanol–water partition coefficient (Wildman–Crippen LogP) is 4.59. The number of likely N-dealkylation sites (tertiary alicyclic amines) is 1. The highest BCUT2D eigenvalue weighted by Gasteiger charge is 2.23. The molecule has 1 aliphatic heterocycles. The molecule has 1 fully saturated rings. The SMILES string of the molecule is Cc1ccccc1-c1nc(CS(=O)(=O)CC(=O)CCCCN2CC(C)CC(C)C2)c(C)o1. The molecule has 0 spiro atoms. The van der Waals surface area contributed by atoms with Crippen LogP contribution in [0.15, 0.2) is 28.7 Å². The van der Waals surface area contributed by atoms with Gasteiger partial charge < -0.3 is 9.32 Å². The van der Waals surface area contributed by atoms with E-state index in [9.17, 15) is 13.2 Å². The summed E-state index contributed by atoms with van der Waals surface area (Å²) in [5.41, 5.74) is 2.23. The first kappa shape index (κ1) is 24.6. The van der Waals surface area contributed by atoms with E-state index in [4.69, 9.17) is 4.42 Å². The average Bonchev–Trinajstić information content (AvgIpc) is 3.04. The predicted molar refractivity (Wildman–Crippen MR) is 127 cm³/mol. The summed E-state index contributed by atoms with van der Waals surface area (Å²) in [7, 11) is -3.59. The number of hydrogen-bond donors (Lipinski definition) is 0. The van der Waals surface area contributed by atoms with Crippen LogP contribution in [-0.2, 0) is 20.4 Å². The Hall–Kier alpha value is -1.99. The average molecular weight is 461 g/mol. The van der Waals surface area contributed by atoms with E-state index in [2.05, 4.69) is 23.7 Å². The molecule has 0 radical (unpaired) electrons. The zero-order valence-electron chi connectivity index (χ0n) is 19.8. The highest BCUT2D eigenvalue weighted by atomic mass is 32.2. The molecular formula is C25H36N2O4S. The molecular weight excluding hydrogens is 424 g/mol. The van der Waals surface area contributed by atoms with Gasteiger partial charge in [-0.15, -0.1) is 0 Å².